The van der Waals surface area contributed by atoms with Crippen molar-refractivity contribution in [3.05, 3.63) is 28.8 Å². The molecule has 3 heterocycles. The van der Waals surface area contributed by atoms with Gasteiger partial charge in [-0.15, -0.1) is 0 Å². The lowest BCUT2D eigenvalue weighted by atomic mass is 9.76. The molecule has 156 valence electrons. The monoisotopic (exact) mass is 419 g/mol. The Kier molecular flexibility index (Phi) is 5.17. The van der Waals surface area contributed by atoms with Crippen LogP contribution >= 0.6 is 11.6 Å². The van der Waals surface area contributed by atoms with Crippen molar-refractivity contribution in [1.29, 1.82) is 0 Å². The Morgan fingerprint density at radius 3 is 2.69 bits per heavy atom. The lowest BCUT2D eigenvalue weighted by Crippen LogP contribution is -2.53. The van der Waals surface area contributed by atoms with E-state index in [-0.39, 0.29) is 23.8 Å². The molecular weight excluding hydrogens is 394 g/mol. The minimum absolute atomic E-state index is 0.200. The number of carbonyl (C=O) groups is 3. The number of anilines is 1. The van der Waals surface area contributed by atoms with Gasteiger partial charge >= 0.3 is 0 Å². The number of amides is 3. The number of likely N-dealkylation sites (tertiary alicyclic amines) is 1. The average molecular weight is 420 g/mol. The number of imide groups is 1. The van der Waals surface area contributed by atoms with Crippen molar-refractivity contribution in [2.45, 2.75) is 38.3 Å². The molecule has 2 saturated heterocycles. The number of para-hydroxylation sites is 1. The summed E-state index contributed by atoms with van der Waals surface area (Å²) >= 11 is 6.32. The number of methoxy groups -OCH3 is 1. The van der Waals surface area contributed by atoms with Gasteiger partial charge in [0.15, 0.2) is 0 Å². The van der Waals surface area contributed by atoms with Crippen LogP contribution in [0.3, 0.4) is 0 Å². The van der Waals surface area contributed by atoms with E-state index in [1.807, 2.05) is 6.07 Å². The van der Waals surface area contributed by atoms with E-state index >= 15 is 0 Å². The van der Waals surface area contributed by atoms with Gasteiger partial charge in [0.1, 0.15) is 5.54 Å². The Morgan fingerprint density at radius 1 is 1.24 bits per heavy atom. The highest BCUT2D eigenvalue weighted by molar-refractivity contribution is 6.35. The van der Waals surface area contributed by atoms with Crippen molar-refractivity contribution in [3.8, 4) is 0 Å². The van der Waals surface area contributed by atoms with Crippen LogP contribution in [0.15, 0.2) is 18.2 Å². The molecule has 0 bridgehead atoms. The van der Waals surface area contributed by atoms with E-state index in [2.05, 4.69) is 24.5 Å². The zero-order valence-corrected chi connectivity index (χ0v) is 17.6. The van der Waals surface area contributed by atoms with Crippen LogP contribution in [0.25, 0.3) is 0 Å². The Balaban J connectivity index is 1.79. The number of nitrogens with one attached hydrogen (secondary N) is 2. The first-order chi connectivity index (χ1) is 13.8. The largest absolute Gasteiger partial charge is 0.385 e. The Labute approximate surface area is 175 Å². The number of benzene rings is 1. The zero-order valence-electron chi connectivity index (χ0n) is 16.8. The number of ether oxygens (including phenoxy) is 1. The van der Waals surface area contributed by atoms with Crippen LogP contribution in [0, 0.1) is 17.8 Å². The van der Waals surface area contributed by atoms with Gasteiger partial charge in [-0.25, -0.2) is 0 Å². The Bertz CT molecular complexity index is 873. The molecule has 4 atom stereocenters. The molecule has 1 aromatic rings. The maximum Gasteiger partial charge on any atom is 0.250 e. The number of fused-ring (bicyclic) bond motifs is 4. The van der Waals surface area contributed by atoms with Crippen LogP contribution in [0.5, 0.6) is 0 Å². The highest BCUT2D eigenvalue weighted by atomic mass is 35.5. The van der Waals surface area contributed by atoms with Crippen molar-refractivity contribution >= 4 is 35.0 Å². The lowest BCUT2D eigenvalue weighted by molar-refractivity contribution is -0.143. The predicted molar refractivity (Wildman–Crippen MR) is 108 cm³/mol. The van der Waals surface area contributed by atoms with Gasteiger partial charge in [0.2, 0.25) is 17.7 Å². The molecule has 1 spiro atoms. The van der Waals surface area contributed by atoms with E-state index in [4.69, 9.17) is 16.3 Å². The van der Waals surface area contributed by atoms with Gasteiger partial charge in [0, 0.05) is 31.9 Å². The van der Waals surface area contributed by atoms with E-state index < -0.39 is 17.4 Å². The van der Waals surface area contributed by atoms with Crippen LogP contribution in [0.4, 0.5) is 5.69 Å². The fourth-order valence-corrected chi connectivity index (χ4v) is 5.37. The van der Waals surface area contributed by atoms with Gasteiger partial charge in [-0.3, -0.25) is 24.6 Å². The molecule has 2 fully saturated rings. The number of hydrogen-bond donors (Lipinski definition) is 2. The molecule has 2 N–H and O–H groups in total. The van der Waals surface area contributed by atoms with E-state index in [0.717, 1.165) is 0 Å². The summed E-state index contributed by atoms with van der Waals surface area (Å²) in [5.74, 6) is -1.85. The van der Waals surface area contributed by atoms with Crippen LogP contribution in [-0.2, 0) is 24.7 Å². The van der Waals surface area contributed by atoms with Crippen molar-refractivity contribution in [2.75, 3.05) is 25.6 Å². The van der Waals surface area contributed by atoms with E-state index in [0.29, 0.717) is 48.2 Å². The summed E-state index contributed by atoms with van der Waals surface area (Å²) in [4.78, 5) is 41.3. The third-order valence-electron chi connectivity index (χ3n) is 6.25. The van der Waals surface area contributed by atoms with E-state index in [1.54, 1.807) is 19.2 Å². The quantitative estimate of drug-likeness (QED) is 0.545. The number of carbonyl (C=O) groups excluding carboxylic acids is 3. The van der Waals surface area contributed by atoms with Gasteiger partial charge in [-0.2, -0.15) is 0 Å². The molecule has 0 aliphatic carbocycles. The summed E-state index contributed by atoms with van der Waals surface area (Å²) in [7, 11) is 1.59. The molecule has 3 aliphatic rings. The SMILES string of the molecule is COCCCN1C(=O)[C@H]2C(CC(C)C)NC3(C(=O)Nc4c(Cl)cccc43)[C@H]2C1=O. The third-order valence-corrected chi connectivity index (χ3v) is 6.56. The summed E-state index contributed by atoms with van der Waals surface area (Å²) in [5.41, 5.74) is -0.0995. The second kappa shape index (κ2) is 7.38. The van der Waals surface area contributed by atoms with Crippen molar-refractivity contribution in [3.63, 3.8) is 0 Å². The number of nitrogens with zero attached hydrogens (tertiary/aromatic N) is 1. The van der Waals surface area contributed by atoms with E-state index in [1.165, 1.54) is 4.90 Å². The summed E-state index contributed by atoms with van der Waals surface area (Å²) in [6.07, 6.45) is 1.26. The first-order valence-electron chi connectivity index (χ1n) is 10.0. The second-order valence-corrected chi connectivity index (χ2v) is 8.89. The molecule has 3 amide bonds. The molecule has 0 aromatic heterocycles. The standard InChI is InChI=1S/C21H26ClN3O4/c1-11(2)10-14-15-16(19(27)25(18(15)26)8-5-9-29-3)21(24-14)12-6-4-7-13(22)17(12)23-20(21)28/h4,6-7,11,14-16,24H,5,8-10H2,1-3H3,(H,23,28)/t14?,15-,16+,21?/m0/s1. The average Bonchev–Trinajstić information content (AvgIpc) is 3.23. The highest BCUT2D eigenvalue weighted by Gasteiger charge is 2.70. The molecule has 0 radical (unpaired) electrons. The van der Waals surface area contributed by atoms with Gasteiger partial charge < -0.3 is 10.1 Å². The van der Waals surface area contributed by atoms with Gasteiger partial charge in [-0.05, 0) is 24.8 Å². The molecule has 7 nitrogen and oxygen atoms in total. The maximum absolute atomic E-state index is 13.4. The van der Waals surface area contributed by atoms with Gasteiger partial charge in [0.25, 0.3) is 0 Å². The van der Waals surface area contributed by atoms with Crippen molar-refractivity contribution in [2.24, 2.45) is 17.8 Å². The van der Waals surface area contributed by atoms with Crippen molar-refractivity contribution in [1.82, 2.24) is 10.2 Å². The molecule has 2 unspecified atom stereocenters. The van der Waals surface area contributed by atoms with Gasteiger partial charge in [-0.1, -0.05) is 37.6 Å². The lowest BCUT2D eigenvalue weighted by Gasteiger charge is -2.30. The maximum atomic E-state index is 13.4. The first-order valence-corrected chi connectivity index (χ1v) is 10.4. The van der Waals surface area contributed by atoms with Gasteiger partial charge in [0.05, 0.1) is 22.5 Å². The number of halogens is 1. The fourth-order valence-electron chi connectivity index (χ4n) is 5.15. The Morgan fingerprint density at radius 2 is 2.00 bits per heavy atom. The summed E-state index contributed by atoms with van der Waals surface area (Å²) in [6, 6.07) is 5.02. The minimum atomic E-state index is -1.27. The van der Waals surface area contributed by atoms with Crippen LogP contribution < -0.4 is 10.6 Å². The first kappa shape index (κ1) is 20.3. The smallest absolute Gasteiger partial charge is 0.250 e. The molecule has 3 aliphatic heterocycles. The summed E-state index contributed by atoms with van der Waals surface area (Å²) in [5, 5.41) is 6.69. The van der Waals surface area contributed by atoms with E-state index in [9.17, 15) is 14.4 Å². The van der Waals surface area contributed by atoms with Crippen LogP contribution in [0.2, 0.25) is 5.02 Å². The topological polar surface area (TPSA) is 87.7 Å². The van der Waals surface area contributed by atoms with Crippen LogP contribution in [-0.4, -0.2) is 48.9 Å². The van der Waals surface area contributed by atoms with Crippen LogP contribution in [0.1, 0.15) is 32.3 Å². The number of hydrogen-bond acceptors (Lipinski definition) is 5. The molecule has 1 aromatic carbocycles. The number of rotatable bonds is 6. The Hall–Kier alpha value is -1.96. The normalized spacial score (nSPS) is 30.4. The molecular formula is C21H26ClN3O4. The third kappa shape index (κ3) is 2.90. The summed E-state index contributed by atoms with van der Waals surface area (Å²) < 4.78 is 5.07. The minimum Gasteiger partial charge on any atom is -0.385 e. The molecule has 4 rings (SSSR count). The molecule has 29 heavy (non-hydrogen) atoms. The predicted octanol–water partition coefficient (Wildman–Crippen LogP) is 2.14. The summed E-state index contributed by atoms with van der Waals surface area (Å²) in [6.45, 7) is 4.90. The zero-order chi connectivity index (χ0) is 20.9. The second-order valence-electron chi connectivity index (χ2n) is 8.48. The fraction of sp³-hybridized carbons (Fsp3) is 0.571. The molecule has 8 heteroatoms. The molecule has 0 saturated carbocycles. The highest BCUT2D eigenvalue weighted by Crippen LogP contribution is 2.54. The van der Waals surface area contributed by atoms with Crippen molar-refractivity contribution < 1.29 is 19.1 Å².